The fraction of sp³-hybridized carbons (Fsp3) is 0.172. The molecule has 0 spiro atoms. The van der Waals surface area contributed by atoms with Crippen molar-refractivity contribution < 1.29 is 33.6 Å². The number of hydrogen-bond acceptors (Lipinski definition) is 8. The molecule has 3 aromatic rings. The molecule has 216 valence electrons. The minimum absolute atomic E-state index is 0.0795. The maximum absolute atomic E-state index is 13.3. The van der Waals surface area contributed by atoms with E-state index in [1.807, 2.05) is 26.0 Å². The lowest BCUT2D eigenvalue weighted by molar-refractivity contribution is -0.384. The van der Waals surface area contributed by atoms with Crippen molar-refractivity contribution in [1.82, 2.24) is 5.32 Å². The molecule has 0 saturated carbocycles. The van der Waals surface area contributed by atoms with Gasteiger partial charge in [-0.2, -0.15) is 0 Å². The van der Waals surface area contributed by atoms with Crippen LogP contribution in [0.25, 0.3) is 6.08 Å². The summed E-state index contributed by atoms with van der Waals surface area (Å²) in [7, 11) is 0. The molecule has 1 fully saturated rings. The van der Waals surface area contributed by atoms with Crippen LogP contribution in [0.1, 0.15) is 23.6 Å². The summed E-state index contributed by atoms with van der Waals surface area (Å²) in [5.74, 6) is -1.85. The Morgan fingerprint density at radius 2 is 1.83 bits per heavy atom. The molecular weight excluding hydrogens is 612 g/mol. The summed E-state index contributed by atoms with van der Waals surface area (Å²) in [6.45, 7) is 5.51. The Labute approximate surface area is 248 Å². The predicted octanol–water partition coefficient (Wildman–Crippen LogP) is 5.06. The third kappa shape index (κ3) is 6.47. The number of nitrogens with zero attached hydrogens (tertiary/aromatic N) is 2. The van der Waals surface area contributed by atoms with Gasteiger partial charge in [-0.05, 0) is 83.7 Å². The monoisotopic (exact) mass is 636 g/mol. The van der Waals surface area contributed by atoms with E-state index in [1.54, 1.807) is 19.1 Å². The standard InChI is InChI=1S/C29H25BrN4O8/c1-4-41-24-13-18(12-22(30)26(24)42-15-25(35)31-23-10-5-7-16(2)17(23)3)11-21-27(36)32-29(38)33(28(21)37)19-8-6-9-20(14-19)34(39)40/h5-14H,4,15H2,1-3H3,(H,31,35)(H,32,36,38)/b21-11-. The molecule has 2 N–H and O–H groups in total. The van der Waals surface area contributed by atoms with Gasteiger partial charge >= 0.3 is 6.03 Å². The number of hydrogen-bond donors (Lipinski definition) is 2. The number of nitrogens with one attached hydrogen (secondary N) is 2. The highest BCUT2D eigenvalue weighted by molar-refractivity contribution is 9.10. The van der Waals surface area contributed by atoms with Gasteiger partial charge in [-0.1, -0.05) is 18.2 Å². The van der Waals surface area contributed by atoms with Gasteiger partial charge in [0.15, 0.2) is 18.1 Å². The third-order valence-electron chi connectivity index (χ3n) is 6.27. The number of urea groups is 1. The Hall–Kier alpha value is -5.04. The van der Waals surface area contributed by atoms with Crippen LogP contribution in [0.4, 0.5) is 21.9 Å². The summed E-state index contributed by atoms with van der Waals surface area (Å²) < 4.78 is 11.8. The fourth-order valence-electron chi connectivity index (χ4n) is 4.09. The smallest absolute Gasteiger partial charge is 0.335 e. The second kappa shape index (κ2) is 12.6. The lowest BCUT2D eigenvalue weighted by Crippen LogP contribution is -2.54. The van der Waals surface area contributed by atoms with Gasteiger partial charge < -0.3 is 14.8 Å². The number of carbonyl (C=O) groups is 4. The summed E-state index contributed by atoms with van der Waals surface area (Å²) in [4.78, 5) is 62.2. The van der Waals surface area contributed by atoms with Gasteiger partial charge in [0, 0.05) is 17.8 Å². The Balaban J connectivity index is 1.60. The second-order valence-corrected chi connectivity index (χ2v) is 9.94. The number of imide groups is 2. The minimum atomic E-state index is -1.04. The first kappa shape index (κ1) is 29.9. The molecule has 0 radical (unpaired) electrons. The molecule has 0 atom stereocenters. The molecule has 12 nitrogen and oxygen atoms in total. The van der Waals surface area contributed by atoms with E-state index in [2.05, 4.69) is 26.6 Å². The van der Waals surface area contributed by atoms with E-state index in [9.17, 15) is 29.3 Å². The van der Waals surface area contributed by atoms with Gasteiger partial charge in [0.25, 0.3) is 23.4 Å². The molecule has 5 amide bonds. The second-order valence-electron chi connectivity index (χ2n) is 9.08. The highest BCUT2D eigenvalue weighted by Crippen LogP contribution is 2.38. The van der Waals surface area contributed by atoms with E-state index in [0.717, 1.165) is 17.2 Å². The maximum Gasteiger partial charge on any atom is 0.335 e. The van der Waals surface area contributed by atoms with Crippen LogP contribution in [0.3, 0.4) is 0 Å². The van der Waals surface area contributed by atoms with Crippen molar-refractivity contribution in [1.29, 1.82) is 0 Å². The van der Waals surface area contributed by atoms with Crippen LogP contribution in [-0.2, 0) is 14.4 Å². The van der Waals surface area contributed by atoms with Crippen molar-refractivity contribution in [2.24, 2.45) is 0 Å². The van der Waals surface area contributed by atoms with E-state index in [4.69, 9.17) is 9.47 Å². The molecule has 3 aromatic carbocycles. The SMILES string of the molecule is CCOc1cc(/C=C2/C(=O)NC(=O)N(c3cccc([N+](=O)[O-])c3)C2=O)cc(Br)c1OCC(=O)Nc1cccc(C)c1C. The highest BCUT2D eigenvalue weighted by Gasteiger charge is 2.37. The molecule has 0 aromatic heterocycles. The Morgan fingerprint density at radius 3 is 2.55 bits per heavy atom. The first-order chi connectivity index (χ1) is 20.0. The van der Waals surface area contributed by atoms with Crippen molar-refractivity contribution in [3.8, 4) is 11.5 Å². The average Bonchev–Trinajstić information content (AvgIpc) is 2.93. The zero-order valence-electron chi connectivity index (χ0n) is 22.7. The lowest BCUT2D eigenvalue weighted by Gasteiger charge is -2.26. The summed E-state index contributed by atoms with van der Waals surface area (Å²) in [6.07, 6.45) is 1.25. The van der Waals surface area contributed by atoms with Crippen LogP contribution < -0.4 is 25.0 Å². The van der Waals surface area contributed by atoms with Crippen molar-refractivity contribution >= 4 is 62.8 Å². The number of nitro groups is 1. The fourth-order valence-corrected chi connectivity index (χ4v) is 4.66. The topological polar surface area (TPSA) is 157 Å². The van der Waals surface area contributed by atoms with Crippen LogP contribution >= 0.6 is 15.9 Å². The minimum Gasteiger partial charge on any atom is -0.490 e. The van der Waals surface area contributed by atoms with Crippen molar-refractivity contribution in [2.75, 3.05) is 23.4 Å². The average molecular weight is 637 g/mol. The number of halogens is 1. The van der Waals surface area contributed by atoms with Crippen LogP contribution in [-0.4, -0.2) is 41.9 Å². The maximum atomic E-state index is 13.3. The number of anilines is 2. The summed E-state index contributed by atoms with van der Waals surface area (Å²) in [5, 5.41) is 16.1. The molecule has 1 aliphatic heterocycles. The zero-order chi connectivity index (χ0) is 30.6. The number of carbonyl (C=O) groups excluding carboxylic acids is 4. The number of nitro benzene ring substituents is 1. The number of amides is 5. The molecule has 42 heavy (non-hydrogen) atoms. The number of benzene rings is 3. The van der Waals surface area contributed by atoms with Crippen molar-refractivity contribution in [3.05, 3.63) is 91.4 Å². The molecule has 1 aliphatic rings. The lowest BCUT2D eigenvalue weighted by atomic mass is 10.1. The van der Waals surface area contributed by atoms with E-state index in [0.29, 0.717) is 20.6 Å². The van der Waals surface area contributed by atoms with Crippen molar-refractivity contribution in [3.63, 3.8) is 0 Å². The van der Waals surface area contributed by atoms with E-state index < -0.39 is 28.3 Å². The first-order valence-corrected chi connectivity index (χ1v) is 13.4. The van der Waals surface area contributed by atoms with Gasteiger partial charge in [0.05, 0.1) is 21.7 Å². The largest absolute Gasteiger partial charge is 0.490 e. The van der Waals surface area contributed by atoms with E-state index in [1.165, 1.54) is 30.3 Å². The number of aryl methyl sites for hydroxylation is 1. The van der Waals surface area contributed by atoms with Crippen LogP contribution in [0, 0.1) is 24.0 Å². The molecule has 0 aliphatic carbocycles. The molecule has 0 unspecified atom stereocenters. The molecular formula is C29H25BrN4O8. The van der Waals surface area contributed by atoms with E-state index in [-0.39, 0.29) is 42.0 Å². The van der Waals surface area contributed by atoms with Crippen molar-refractivity contribution in [2.45, 2.75) is 20.8 Å². The molecule has 1 saturated heterocycles. The van der Waals surface area contributed by atoms with Gasteiger partial charge in [-0.25, -0.2) is 9.69 Å². The normalized spacial score (nSPS) is 14.0. The quantitative estimate of drug-likeness (QED) is 0.143. The van der Waals surface area contributed by atoms with Crippen LogP contribution in [0.15, 0.2) is 64.6 Å². The summed E-state index contributed by atoms with van der Waals surface area (Å²) in [5.41, 5.74) is 2.17. The molecule has 13 heteroatoms. The summed E-state index contributed by atoms with van der Waals surface area (Å²) >= 11 is 3.40. The van der Waals surface area contributed by atoms with Crippen LogP contribution in [0.5, 0.6) is 11.5 Å². The molecule has 4 rings (SSSR count). The molecule has 1 heterocycles. The third-order valence-corrected chi connectivity index (χ3v) is 6.86. The Kier molecular flexibility index (Phi) is 9.01. The zero-order valence-corrected chi connectivity index (χ0v) is 24.3. The highest BCUT2D eigenvalue weighted by atomic mass is 79.9. The number of non-ortho nitro benzene ring substituents is 1. The van der Waals surface area contributed by atoms with Gasteiger partial charge in [-0.3, -0.25) is 29.8 Å². The number of rotatable bonds is 9. The number of barbiturate groups is 1. The predicted molar refractivity (Wildman–Crippen MR) is 157 cm³/mol. The molecule has 0 bridgehead atoms. The summed E-state index contributed by atoms with van der Waals surface area (Å²) in [6, 6.07) is 12.5. The number of ether oxygens (including phenoxy) is 2. The Morgan fingerprint density at radius 1 is 1.10 bits per heavy atom. The van der Waals surface area contributed by atoms with Gasteiger partial charge in [0.2, 0.25) is 0 Å². The Bertz CT molecular complexity index is 1650. The van der Waals surface area contributed by atoms with E-state index >= 15 is 0 Å². The van der Waals surface area contributed by atoms with Gasteiger partial charge in [-0.15, -0.1) is 0 Å². The van der Waals surface area contributed by atoms with Gasteiger partial charge in [0.1, 0.15) is 5.57 Å². The first-order valence-electron chi connectivity index (χ1n) is 12.6. The van der Waals surface area contributed by atoms with Crippen LogP contribution in [0.2, 0.25) is 0 Å².